The number of hydrogen-bond donors (Lipinski definition) is 2. The van der Waals surface area contributed by atoms with E-state index in [0.717, 1.165) is 16.4 Å². The minimum Gasteiger partial charge on any atom is -0.462 e. The van der Waals surface area contributed by atoms with Crippen LogP contribution in [-0.2, 0) is 4.74 Å². The molecule has 1 aromatic heterocycles. The van der Waals surface area contributed by atoms with Crippen LogP contribution in [0.2, 0.25) is 0 Å². The van der Waals surface area contributed by atoms with Gasteiger partial charge < -0.3 is 15.8 Å². The van der Waals surface area contributed by atoms with E-state index in [1.54, 1.807) is 18.7 Å². The van der Waals surface area contributed by atoms with Crippen molar-refractivity contribution in [2.45, 2.75) is 44.4 Å². The summed E-state index contributed by atoms with van der Waals surface area (Å²) in [5.41, 5.74) is 7.09. The van der Waals surface area contributed by atoms with Crippen molar-refractivity contribution >= 4 is 39.8 Å². The summed E-state index contributed by atoms with van der Waals surface area (Å²) in [6, 6.07) is 0. The van der Waals surface area contributed by atoms with Crippen LogP contribution in [0.3, 0.4) is 0 Å². The average Bonchev–Trinajstić information content (AvgIpc) is 2.75. The van der Waals surface area contributed by atoms with E-state index in [2.05, 4.69) is 12.2 Å². The van der Waals surface area contributed by atoms with Crippen molar-refractivity contribution in [3.8, 4) is 0 Å². The Labute approximate surface area is 134 Å². The molecule has 4 nitrogen and oxygen atoms in total. The lowest BCUT2D eigenvalue weighted by Gasteiger charge is -2.41. The molecule has 1 aromatic rings. The molecule has 1 heterocycles. The highest BCUT2D eigenvalue weighted by atomic mass is 32.2. The molecule has 0 amide bonds. The van der Waals surface area contributed by atoms with Crippen LogP contribution >= 0.6 is 23.1 Å². The third-order valence-corrected chi connectivity index (χ3v) is 6.46. The van der Waals surface area contributed by atoms with Crippen LogP contribution in [-0.4, -0.2) is 25.4 Å². The van der Waals surface area contributed by atoms with Crippen molar-refractivity contribution in [2.24, 2.45) is 5.41 Å². The predicted octanol–water partition coefficient (Wildman–Crippen LogP) is 4.22. The summed E-state index contributed by atoms with van der Waals surface area (Å²) in [6.07, 6.45) is 7.08. The molecular formula is C15H24N2O2S2. The van der Waals surface area contributed by atoms with Crippen LogP contribution in [0.25, 0.3) is 0 Å². The molecule has 2 rings (SSSR count). The molecule has 21 heavy (non-hydrogen) atoms. The van der Waals surface area contributed by atoms with Gasteiger partial charge in [-0.1, -0.05) is 13.3 Å². The standard InChI is InChI=1S/C15H24N2O2S2/c1-4-15(7-6-8-15)9-17-13-11(20-3)10(16)12(21-13)14(18)19-5-2/h17H,4-9,16H2,1-3H3. The van der Waals surface area contributed by atoms with Crippen molar-refractivity contribution in [3.05, 3.63) is 4.88 Å². The molecule has 0 unspecified atom stereocenters. The highest BCUT2D eigenvalue weighted by molar-refractivity contribution is 7.99. The Morgan fingerprint density at radius 3 is 2.67 bits per heavy atom. The number of ether oxygens (including phenoxy) is 1. The van der Waals surface area contributed by atoms with Crippen LogP contribution in [0.15, 0.2) is 4.90 Å². The fourth-order valence-electron chi connectivity index (χ4n) is 2.70. The number of carbonyl (C=O) groups excluding carboxylic acids is 1. The highest BCUT2D eigenvalue weighted by Crippen LogP contribution is 2.46. The van der Waals surface area contributed by atoms with Crippen LogP contribution in [0.4, 0.5) is 10.7 Å². The first-order valence-electron chi connectivity index (χ1n) is 7.44. The molecule has 0 aromatic carbocycles. The van der Waals surface area contributed by atoms with Gasteiger partial charge in [-0.2, -0.15) is 0 Å². The molecular weight excluding hydrogens is 304 g/mol. The smallest absolute Gasteiger partial charge is 0.350 e. The summed E-state index contributed by atoms with van der Waals surface area (Å²) in [7, 11) is 0. The van der Waals surface area contributed by atoms with Gasteiger partial charge in [-0.05, 0) is 37.9 Å². The summed E-state index contributed by atoms with van der Waals surface area (Å²) in [4.78, 5) is 13.4. The minimum atomic E-state index is -0.322. The molecule has 0 atom stereocenters. The number of anilines is 2. The fraction of sp³-hybridized carbons (Fsp3) is 0.667. The third-order valence-electron chi connectivity index (χ3n) is 4.35. The molecule has 118 valence electrons. The molecule has 0 spiro atoms. The molecule has 0 aliphatic heterocycles. The van der Waals surface area contributed by atoms with Gasteiger partial charge in [0.25, 0.3) is 0 Å². The first kappa shape index (κ1) is 16.5. The van der Waals surface area contributed by atoms with Crippen LogP contribution < -0.4 is 11.1 Å². The van der Waals surface area contributed by atoms with Crippen molar-refractivity contribution in [1.82, 2.24) is 0 Å². The van der Waals surface area contributed by atoms with Gasteiger partial charge in [0.05, 0.1) is 17.2 Å². The molecule has 0 saturated heterocycles. The minimum absolute atomic E-state index is 0.322. The van der Waals surface area contributed by atoms with Gasteiger partial charge in [0.2, 0.25) is 0 Å². The maximum Gasteiger partial charge on any atom is 0.350 e. The molecule has 1 saturated carbocycles. The molecule has 6 heteroatoms. The first-order valence-corrected chi connectivity index (χ1v) is 9.48. The lowest BCUT2D eigenvalue weighted by Crippen LogP contribution is -2.35. The van der Waals surface area contributed by atoms with Crippen molar-refractivity contribution < 1.29 is 9.53 Å². The zero-order valence-electron chi connectivity index (χ0n) is 13.0. The molecule has 1 aliphatic carbocycles. The van der Waals surface area contributed by atoms with Crippen molar-refractivity contribution in [2.75, 3.05) is 30.5 Å². The molecule has 3 N–H and O–H groups in total. The van der Waals surface area contributed by atoms with Crippen LogP contribution in [0.1, 0.15) is 49.2 Å². The number of rotatable bonds is 7. The van der Waals surface area contributed by atoms with E-state index in [0.29, 0.717) is 22.6 Å². The van der Waals surface area contributed by atoms with Crippen LogP contribution in [0.5, 0.6) is 0 Å². The largest absolute Gasteiger partial charge is 0.462 e. The predicted molar refractivity (Wildman–Crippen MR) is 91.5 cm³/mol. The second kappa shape index (κ2) is 6.92. The van der Waals surface area contributed by atoms with E-state index >= 15 is 0 Å². The fourth-order valence-corrected chi connectivity index (χ4v) is 4.62. The summed E-state index contributed by atoms with van der Waals surface area (Å²) >= 11 is 2.99. The number of nitrogens with one attached hydrogen (secondary N) is 1. The Hall–Kier alpha value is -0.880. The number of nitrogens with two attached hydrogens (primary N) is 1. The maximum absolute atomic E-state index is 11.9. The number of esters is 1. The average molecular weight is 329 g/mol. The van der Waals surface area contributed by atoms with E-state index in [-0.39, 0.29) is 5.97 Å². The first-order chi connectivity index (χ1) is 10.1. The van der Waals surface area contributed by atoms with Gasteiger partial charge in [-0.3, -0.25) is 0 Å². The summed E-state index contributed by atoms with van der Waals surface area (Å²) in [5, 5.41) is 4.53. The number of nitrogen functional groups attached to an aromatic ring is 1. The van der Waals surface area contributed by atoms with E-state index in [9.17, 15) is 4.79 Å². The van der Waals surface area contributed by atoms with Gasteiger partial charge in [-0.25, -0.2) is 4.79 Å². The maximum atomic E-state index is 11.9. The van der Waals surface area contributed by atoms with Crippen molar-refractivity contribution in [1.29, 1.82) is 0 Å². The SMILES string of the molecule is CCOC(=O)c1sc(NCC2(CC)CCC2)c(SC)c1N. The molecule has 1 aliphatic rings. The van der Waals surface area contributed by atoms with Gasteiger partial charge in [0.15, 0.2) is 0 Å². The zero-order valence-corrected chi connectivity index (χ0v) is 14.6. The number of thioether (sulfide) groups is 1. The number of hydrogen-bond acceptors (Lipinski definition) is 6. The lowest BCUT2D eigenvalue weighted by atomic mass is 9.67. The Kier molecular flexibility index (Phi) is 5.43. The van der Waals surface area contributed by atoms with Gasteiger partial charge >= 0.3 is 5.97 Å². The topological polar surface area (TPSA) is 64.3 Å². The second-order valence-electron chi connectivity index (χ2n) is 5.49. The Balaban J connectivity index is 2.15. The summed E-state index contributed by atoms with van der Waals surface area (Å²) in [6.45, 7) is 5.38. The summed E-state index contributed by atoms with van der Waals surface area (Å²) < 4.78 is 5.07. The second-order valence-corrected chi connectivity index (χ2v) is 7.33. The lowest BCUT2D eigenvalue weighted by molar-refractivity contribution is 0.0533. The molecule has 1 fully saturated rings. The quantitative estimate of drug-likeness (QED) is 0.579. The van der Waals surface area contributed by atoms with E-state index in [1.807, 2.05) is 6.26 Å². The normalized spacial score (nSPS) is 16.3. The Bertz CT molecular complexity index is 505. The van der Waals surface area contributed by atoms with Crippen molar-refractivity contribution in [3.63, 3.8) is 0 Å². The zero-order chi connectivity index (χ0) is 15.5. The van der Waals surface area contributed by atoms with E-state index in [4.69, 9.17) is 10.5 Å². The van der Waals surface area contributed by atoms with E-state index in [1.165, 1.54) is 37.0 Å². The Morgan fingerprint density at radius 2 is 2.19 bits per heavy atom. The van der Waals surface area contributed by atoms with E-state index < -0.39 is 0 Å². The molecule has 0 bridgehead atoms. The monoisotopic (exact) mass is 328 g/mol. The van der Waals surface area contributed by atoms with Gasteiger partial charge in [-0.15, -0.1) is 23.1 Å². The summed E-state index contributed by atoms with van der Waals surface area (Å²) in [5.74, 6) is -0.322. The van der Waals surface area contributed by atoms with Gasteiger partial charge in [0, 0.05) is 6.54 Å². The highest BCUT2D eigenvalue weighted by Gasteiger charge is 2.35. The number of carbonyl (C=O) groups is 1. The van der Waals surface area contributed by atoms with Crippen LogP contribution in [0, 0.1) is 5.41 Å². The third kappa shape index (κ3) is 3.31. The Morgan fingerprint density at radius 1 is 1.48 bits per heavy atom. The molecule has 0 radical (unpaired) electrons. The van der Waals surface area contributed by atoms with Gasteiger partial charge in [0.1, 0.15) is 9.88 Å². The number of thiophene rings is 1.